The molecule has 5 aromatic rings. The molecular weight excluding hydrogens is 517 g/mol. The van der Waals surface area contributed by atoms with Gasteiger partial charge in [-0.1, -0.05) is 6.58 Å². The predicted octanol–water partition coefficient (Wildman–Crippen LogP) is 5.54. The van der Waals surface area contributed by atoms with Gasteiger partial charge in [0.25, 0.3) is 0 Å². The lowest BCUT2D eigenvalue weighted by molar-refractivity contribution is -0.116. The number of nitrogens with one attached hydrogen (secondary N) is 2. The topological polar surface area (TPSA) is 119 Å². The lowest BCUT2D eigenvalue weighted by Gasteiger charge is -2.16. The van der Waals surface area contributed by atoms with E-state index in [9.17, 15) is 18.0 Å². The zero-order valence-corrected chi connectivity index (χ0v) is 20.4. The number of thiophene rings is 1. The van der Waals surface area contributed by atoms with Crippen LogP contribution in [0.15, 0.2) is 66.7 Å². The van der Waals surface area contributed by atoms with Gasteiger partial charge in [0, 0.05) is 39.0 Å². The van der Waals surface area contributed by atoms with Gasteiger partial charge in [-0.3, -0.25) is 9.89 Å². The molecule has 0 spiro atoms. The summed E-state index contributed by atoms with van der Waals surface area (Å²) in [5.41, 5.74) is 9.08. The molecule has 38 heavy (non-hydrogen) atoms. The number of alkyl halides is 2. The zero-order valence-electron chi connectivity index (χ0n) is 19.5. The average molecular weight is 537 g/mol. The number of pyridine rings is 2. The number of ether oxygens (including phenoxy) is 1. The van der Waals surface area contributed by atoms with Crippen LogP contribution in [-0.2, 0) is 11.3 Å². The van der Waals surface area contributed by atoms with Crippen LogP contribution in [0.4, 0.5) is 19.0 Å². The van der Waals surface area contributed by atoms with Crippen molar-refractivity contribution in [1.29, 1.82) is 0 Å². The maximum atomic E-state index is 14.1. The van der Waals surface area contributed by atoms with Crippen LogP contribution in [0.25, 0.3) is 43.9 Å². The summed E-state index contributed by atoms with van der Waals surface area (Å²) in [5.74, 6) is -1.14. The Labute approximate surface area is 218 Å². The Morgan fingerprint density at radius 2 is 2.05 bits per heavy atom. The SMILES string of the molecule is C=CC(=O)NCc1cc(-c2nc(-c3ccnc(N)c3)c3ccsc3c2-c2ccc(F)cc2OC(F)F)n[nH]1. The number of H-pyrrole nitrogens is 1. The number of hydrogen-bond donors (Lipinski definition) is 3. The summed E-state index contributed by atoms with van der Waals surface area (Å²) in [6, 6.07) is 10.4. The minimum absolute atomic E-state index is 0.137. The Kier molecular flexibility index (Phi) is 6.79. The first-order valence-corrected chi connectivity index (χ1v) is 12.0. The van der Waals surface area contributed by atoms with Gasteiger partial charge >= 0.3 is 6.61 Å². The van der Waals surface area contributed by atoms with Gasteiger partial charge in [0.05, 0.1) is 17.9 Å². The normalized spacial score (nSPS) is 11.2. The summed E-state index contributed by atoms with van der Waals surface area (Å²) in [5, 5.41) is 12.4. The van der Waals surface area contributed by atoms with Gasteiger partial charge in [0.1, 0.15) is 28.8 Å². The molecule has 0 fully saturated rings. The van der Waals surface area contributed by atoms with E-state index >= 15 is 0 Å². The van der Waals surface area contributed by atoms with Crippen molar-refractivity contribution in [2.75, 3.05) is 5.73 Å². The van der Waals surface area contributed by atoms with Gasteiger partial charge in [0.15, 0.2) is 0 Å². The fourth-order valence-electron chi connectivity index (χ4n) is 4.00. The molecule has 192 valence electrons. The highest BCUT2D eigenvalue weighted by Gasteiger charge is 2.24. The van der Waals surface area contributed by atoms with Gasteiger partial charge in [0.2, 0.25) is 5.91 Å². The molecule has 4 N–H and O–H groups in total. The number of nitrogen functional groups attached to an aromatic ring is 1. The van der Waals surface area contributed by atoms with Gasteiger partial charge in [-0.2, -0.15) is 13.9 Å². The summed E-state index contributed by atoms with van der Waals surface area (Å²) in [6.07, 6.45) is 2.70. The van der Waals surface area contributed by atoms with Crippen molar-refractivity contribution < 1.29 is 22.7 Å². The van der Waals surface area contributed by atoms with Crippen LogP contribution in [0.1, 0.15) is 5.69 Å². The largest absolute Gasteiger partial charge is 0.434 e. The van der Waals surface area contributed by atoms with E-state index in [2.05, 4.69) is 27.1 Å². The Bertz CT molecular complexity index is 1670. The van der Waals surface area contributed by atoms with Crippen LogP contribution in [0.2, 0.25) is 0 Å². The Morgan fingerprint density at radius 1 is 1.21 bits per heavy atom. The molecule has 0 atom stereocenters. The molecule has 0 radical (unpaired) electrons. The predicted molar refractivity (Wildman–Crippen MR) is 139 cm³/mol. The molecule has 0 aliphatic carbocycles. The fraction of sp³-hybridized carbons (Fsp3) is 0.0769. The molecule has 0 saturated heterocycles. The van der Waals surface area contributed by atoms with E-state index in [0.29, 0.717) is 44.4 Å². The van der Waals surface area contributed by atoms with Gasteiger partial charge in [-0.05, 0) is 47.9 Å². The number of amides is 1. The molecule has 0 bridgehead atoms. The second kappa shape index (κ2) is 10.3. The second-order valence-corrected chi connectivity index (χ2v) is 8.95. The summed E-state index contributed by atoms with van der Waals surface area (Å²) >= 11 is 1.36. The standard InChI is InChI=1S/C26H19F3N6O2S/c1-2-21(36)32-12-15-11-18(35-34-15)24-22(16-4-3-14(27)10-19(16)37-26(28)29)25-17(6-8-38-25)23(33-24)13-5-7-31-20(30)9-13/h2-11,26H,1,12H2,(H2,30,31)(H,32,36)(H,34,35). The molecule has 12 heteroatoms. The van der Waals surface area contributed by atoms with Crippen molar-refractivity contribution >= 4 is 33.1 Å². The lowest BCUT2D eigenvalue weighted by Crippen LogP contribution is -2.20. The van der Waals surface area contributed by atoms with E-state index < -0.39 is 12.4 Å². The molecule has 0 saturated carbocycles. The maximum absolute atomic E-state index is 14.1. The summed E-state index contributed by atoms with van der Waals surface area (Å²) < 4.78 is 46.1. The van der Waals surface area contributed by atoms with E-state index in [-0.39, 0.29) is 23.8 Å². The van der Waals surface area contributed by atoms with Gasteiger partial charge < -0.3 is 15.8 Å². The Morgan fingerprint density at radius 3 is 2.82 bits per heavy atom. The highest BCUT2D eigenvalue weighted by molar-refractivity contribution is 7.18. The van der Waals surface area contributed by atoms with Crippen molar-refractivity contribution in [3.63, 3.8) is 0 Å². The van der Waals surface area contributed by atoms with E-state index in [1.165, 1.54) is 17.4 Å². The fourth-order valence-corrected chi connectivity index (χ4v) is 4.96. The number of aromatic amines is 1. The second-order valence-electron chi connectivity index (χ2n) is 8.04. The molecular formula is C26H19F3N6O2S. The summed E-state index contributed by atoms with van der Waals surface area (Å²) in [7, 11) is 0. The van der Waals surface area contributed by atoms with Gasteiger partial charge in [-0.15, -0.1) is 11.3 Å². The van der Waals surface area contributed by atoms with E-state index in [0.717, 1.165) is 23.6 Å². The van der Waals surface area contributed by atoms with Crippen molar-refractivity contribution in [3.8, 4) is 39.5 Å². The van der Waals surface area contributed by atoms with Crippen molar-refractivity contribution in [2.45, 2.75) is 13.2 Å². The number of hydrogen-bond acceptors (Lipinski definition) is 7. The van der Waals surface area contributed by atoms with Crippen molar-refractivity contribution in [1.82, 2.24) is 25.5 Å². The molecule has 8 nitrogen and oxygen atoms in total. The number of aromatic nitrogens is 4. The highest BCUT2D eigenvalue weighted by atomic mass is 32.1. The quantitative estimate of drug-likeness (QED) is 0.224. The molecule has 0 aliphatic heterocycles. The molecule has 5 rings (SSSR count). The third-order valence-corrected chi connectivity index (χ3v) is 6.54. The molecule has 0 aliphatic rings. The van der Waals surface area contributed by atoms with E-state index in [4.69, 9.17) is 15.5 Å². The number of fused-ring (bicyclic) bond motifs is 1. The van der Waals surface area contributed by atoms with Crippen LogP contribution in [0.3, 0.4) is 0 Å². The number of carbonyl (C=O) groups is 1. The van der Waals surface area contributed by atoms with Gasteiger partial charge in [-0.25, -0.2) is 14.4 Å². The Balaban J connectivity index is 1.77. The number of carbonyl (C=O) groups excluding carboxylic acids is 1. The van der Waals surface area contributed by atoms with Crippen LogP contribution in [0, 0.1) is 5.82 Å². The number of halogens is 3. The van der Waals surface area contributed by atoms with Crippen LogP contribution in [0.5, 0.6) is 5.75 Å². The van der Waals surface area contributed by atoms with Crippen LogP contribution < -0.4 is 15.8 Å². The number of nitrogens with zero attached hydrogens (tertiary/aromatic N) is 3. The number of anilines is 1. The van der Waals surface area contributed by atoms with Crippen molar-refractivity contribution in [2.24, 2.45) is 0 Å². The average Bonchev–Trinajstić information content (AvgIpc) is 3.56. The molecule has 4 heterocycles. The number of benzene rings is 1. The molecule has 0 unspecified atom stereocenters. The molecule has 4 aromatic heterocycles. The third-order valence-electron chi connectivity index (χ3n) is 5.60. The molecule has 1 aromatic carbocycles. The first-order chi connectivity index (χ1) is 18.3. The minimum Gasteiger partial charge on any atom is -0.434 e. The first kappa shape index (κ1) is 25.0. The molecule has 1 amide bonds. The Hall–Kier alpha value is -4.71. The third kappa shape index (κ3) is 4.93. The smallest absolute Gasteiger partial charge is 0.387 e. The van der Waals surface area contributed by atoms with E-state index in [1.54, 1.807) is 24.4 Å². The van der Waals surface area contributed by atoms with E-state index in [1.807, 2.05) is 11.4 Å². The first-order valence-electron chi connectivity index (χ1n) is 11.2. The van der Waals surface area contributed by atoms with Crippen LogP contribution in [-0.4, -0.2) is 32.7 Å². The van der Waals surface area contributed by atoms with Crippen molar-refractivity contribution in [3.05, 3.63) is 78.2 Å². The summed E-state index contributed by atoms with van der Waals surface area (Å²) in [4.78, 5) is 20.5. The summed E-state index contributed by atoms with van der Waals surface area (Å²) in [6.45, 7) is 0.389. The lowest BCUT2D eigenvalue weighted by atomic mass is 9.97. The zero-order chi connectivity index (χ0) is 26.8. The number of rotatable bonds is 8. The monoisotopic (exact) mass is 536 g/mol. The number of nitrogens with two attached hydrogens (primary N) is 1. The maximum Gasteiger partial charge on any atom is 0.387 e. The highest BCUT2D eigenvalue weighted by Crippen LogP contribution is 2.46. The van der Waals surface area contributed by atoms with Crippen LogP contribution >= 0.6 is 11.3 Å². The minimum atomic E-state index is -3.17.